The van der Waals surface area contributed by atoms with Crippen LogP contribution < -0.4 is 10.6 Å². The summed E-state index contributed by atoms with van der Waals surface area (Å²) in [5.41, 5.74) is 1.66. The molecule has 9 nitrogen and oxygen atoms in total. The molecule has 0 aromatic carbocycles. The van der Waals surface area contributed by atoms with E-state index in [4.69, 9.17) is 16.6 Å². The first-order valence-corrected chi connectivity index (χ1v) is 10.9. The Balaban J connectivity index is 1.47. The highest BCUT2D eigenvalue weighted by molar-refractivity contribution is 6.36. The smallest absolute Gasteiger partial charge is 0.246 e. The molecule has 10 heteroatoms. The van der Waals surface area contributed by atoms with Gasteiger partial charge < -0.3 is 20.5 Å². The quantitative estimate of drug-likeness (QED) is 0.506. The van der Waals surface area contributed by atoms with Gasteiger partial charge in [-0.25, -0.2) is 0 Å². The van der Waals surface area contributed by atoms with Crippen LogP contribution in [0.2, 0.25) is 5.02 Å². The van der Waals surface area contributed by atoms with Crippen molar-refractivity contribution in [3.8, 4) is 0 Å². The first-order chi connectivity index (χ1) is 15.0. The minimum absolute atomic E-state index is 0.0369. The van der Waals surface area contributed by atoms with Crippen LogP contribution in [-0.4, -0.2) is 54.7 Å². The number of hydrogen-bond acceptors (Lipinski definition) is 6. The van der Waals surface area contributed by atoms with Gasteiger partial charge in [-0.3, -0.25) is 9.48 Å². The summed E-state index contributed by atoms with van der Waals surface area (Å²) in [7, 11) is 0. The van der Waals surface area contributed by atoms with Crippen LogP contribution in [0.25, 0.3) is 11.0 Å². The molecule has 3 aromatic heterocycles. The predicted molar refractivity (Wildman–Crippen MR) is 121 cm³/mol. The highest BCUT2D eigenvalue weighted by Gasteiger charge is 2.52. The first kappa shape index (κ1) is 19.9. The fourth-order valence-corrected chi connectivity index (χ4v) is 4.61. The SMILES string of the molecule is C=CC(=O)N1CCC2(CC2)[C@@H](Nc2nc(Nc3cnn(CC)c3)nc3[nH]cc(Cl)c23)C1. The third-order valence-electron chi connectivity index (χ3n) is 6.41. The van der Waals surface area contributed by atoms with Crippen molar-refractivity contribution >= 4 is 46.0 Å². The van der Waals surface area contributed by atoms with Crippen molar-refractivity contribution in [3.05, 3.63) is 36.3 Å². The number of rotatable bonds is 6. The van der Waals surface area contributed by atoms with E-state index in [0.717, 1.165) is 43.4 Å². The third-order valence-corrected chi connectivity index (χ3v) is 6.71. The Kier molecular flexibility index (Phi) is 4.85. The first-order valence-electron chi connectivity index (χ1n) is 10.5. The molecule has 3 aromatic rings. The van der Waals surface area contributed by atoms with Crippen molar-refractivity contribution < 1.29 is 4.79 Å². The number of nitrogens with zero attached hydrogens (tertiary/aromatic N) is 5. The molecule has 1 saturated carbocycles. The molecule has 1 spiro atoms. The normalized spacial score (nSPS) is 19.5. The van der Waals surface area contributed by atoms with Crippen LogP contribution in [0, 0.1) is 5.41 Å². The van der Waals surface area contributed by atoms with Crippen LogP contribution in [0.3, 0.4) is 0 Å². The number of hydrogen-bond donors (Lipinski definition) is 3. The fourth-order valence-electron chi connectivity index (χ4n) is 4.38. The van der Waals surface area contributed by atoms with Crippen molar-refractivity contribution in [1.82, 2.24) is 29.6 Å². The van der Waals surface area contributed by atoms with E-state index in [0.29, 0.717) is 29.0 Å². The zero-order valence-electron chi connectivity index (χ0n) is 17.4. The molecule has 0 bridgehead atoms. The highest BCUT2D eigenvalue weighted by Crippen LogP contribution is 2.54. The Labute approximate surface area is 184 Å². The molecule has 31 heavy (non-hydrogen) atoms. The molecule has 2 aliphatic rings. The molecular weight excluding hydrogens is 416 g/mol. The molecule has 0 radical (unpaired) electrons. The van der Waals surface area contributed by atoms with Gasteiger partial charge >= 0.3 is 0 Å². The summed E-state index contributed by atoms with van der Waals surface area (Å²) < 4.78 is 1.83. The van der Waals surface area contributed by atoms with Crippen molar-refractivity contribution in [1.29, 1.82) is 0 Å². The number of carbonyl (C=O) groups excluding carboxylic acids is 1. The van der Waals surface area contributed by atoms with Gasteiger partial charge in [-0.05, 0) is 37.7 Å². The Hall–Kier alpha value is -3.07. The second-order valence-electron chi connectivity index (χ2n) is 8.26. The molecule has 4 heterocycles. The maximum absolute atomic E-state index is 12.2. The molecular formula is C21H25ClN8O. The number of H-pyrrole nitrogens is 1. The summed E-state index contributed by atoms with van der Waals surface area (Å²) in [5, 5.41) is 12.4. The summed E-state index contributed by atoms with van der Waals surface area (Å²) >= 11 is 6.46. The predicted octanol–water partition coefficient (Wildman–Crippen LogP) is 3.55. The lowest BCUT2D eigenvalue weighted by Gasteiger charge is -2.39. The minimum Gasteiger partial charge on any atom is -0.364 e. The van der Waals surface area contributed by atoms with Gasteiger partial charge in [0.2, 0.25) is 11.9 Å². The molecule has 1 amide bonds. The molecule has 0 unspecified atom stereocenters. The highest BCUT2D eigenvalue weighted by atomic mass is 35.5. The second-order valence-corrected chi connectivity index (χ2v) is 8.67. The topological polar surface area (TPSA) is 104 Å². The van der Waals surface area contributed by atoms with E-state index >= 15 is 0 Å². The van der Waals surface area contributed by atoms with Crippen molar-refractivity contribution in [2.75, 3.05) is 23.7 Å². The average Bonchev–Trinajstić information content (AvgIpc) is 3.23. The Bertz CT molecular complexity index is 1150. The van der Waals surface area contributed by atoms with Gasteiger partial charge in [0.15, 0.2) is 0 Å². The van der Waals surface area contributed by atoms with Crippen LogP contribution in [0.4, 0.5) is 17.5 Å². The number of amides is 1. The number of carbonyl (C=O) groups is 1. The number of anilines is 3. The van der Waals surface area contributed by atoms with Gasteiger partial charge in [0.05, 0.1) is 28.3 Å². The van der Waals surface area contributed by atoms with Crippen molar-refractivity contribution in [2.45, 2.75) is 38.8 Å². The molecule has 162 valence electrons. The van der Waals surface area contributed by atoms with Crippen LogP contribution >= 0.6 is 11.6 Å². The monoisotopic (exact) mass is 440 g/mol. The standard InChI is InChI=1S/C21H25ClN8O/c1-3-16(31)29-8-7-21(5-6-21)15(12-29)26-19-17-14(22)10-23-18(17)27-20(28-19)25-13-9-24-30(4-2)11-13/h3,9-11,15H,1,4-8,12H2,2H3,(H3,23,25,26,27,28)/t15-/m0/s1. The number of nitrogens with one attached hydrogen (secondary N) is 3. The summed E-state index contributed by atoms with van der Waals surface area (Å²) in [6.07, 6.45) is 10.0. The summed E-state index contributed by atoms with van der Waals surface area (Å²) in [6, 6.07) is 0.0879. The number of aromatic amines is 1. The molecule has 2 fully saturated rings. The number of fused-ring (bicyclic) bond motifs is 1. The number of piperidine rings is 1. The lowest BCUT2D eigenvalue weighted by molar-refractivity contribution is -0.127. The Morgan fingerprint density at radius 1 is 1.42 bits per heavy atom. The number of aryl methyl sites for hydroxylation is 1. The maximum atomic E-state index is 12.2. The van der Waals surface area contributed by atoms with E-state index in [-0.39, 0.29) is 17.4 Å². The zero-order chi connectivity index (χ0) is 21.6. The van der Waals surface area contributed by atoms with E-state index in [9.17, 15) is 4.79 Å². The van der Waals surface area contributed by atoms with E-state index in [1.807, 2.05) is 22.7 Å². The Morgan fingerprint density at radius 3 is 2.97 bits per heavy atom. The van der Waals surface area contributed by atoms with Gasteiger partial charge in [0, 0.05) is 32.0 Å². The summed E-state index contributed by atoms with van der Waals surface area (Å²) in [4.78, 5) is 26.5. The lowest BCUT2D eigenvalue weighted by atomic mass is 9.88. The number of halogens is 1. The number of likely N-dealkylation sites (tertiary alicyclic amines) is 1. The largest absolute Gasteiger partial charge is 0.364 e. The fraction of sp³-hybridized carbons (Fsp3) is 0.429. The van der Waals surface area contributed by atoms with E-state index in [1.165, 1.54) is 6.08 Å². The molecule has 1 aliphatic heterocycles. The lowest BCUT2D eigenvalue weighted by Crippen LogP contribution is -2.50. The Morgan fingerprint density at radius 2 is 2.26 bits per heavy atom. The summed E-state index contributed by atoms with van der Waals surface area (Å²) in [5.74, 6) is 1.07. The van der Waals surface area contributed by atoms with E-state index in [2.05, 4.69) is 32.3 Å². The second kappa shape index (κ2) is 7.56. The summed E-state index contributed by atoms with van der Waals surface area (Å²) in [6.45, 7) is 7.82. The van der Waals surface area contributed by atoms with Crippen LogP contribution in [0.5, 0.6) is 0 Å². The van der Waals surface area contributed by atoms with Crippen LogP contribution in [-0.2, 0) is 11.3 Å². The number of aromatic nitrogens is 5. The molecule has 1 saturated heterocycles. The van der Waals surface area contributed by atoms with Crippen molar-refractivity contribution in [3.63, 3.8) is 0 Å². The van der Waals surface area contributed by atoms with Gasteiger partial charge in [-0.2, -0.15) is 15.1 Å². The third kappa shape index (κ3) is 3.63. The molecule has 3 N–H and O–H groups in total. The van der Waals surface area contributed by atoms with Crippen LogP contribution in [0.1, 0.15) is 26.2 Å². The molecule has 1 atom stereocenters. The van der Waals surface area contributed by atoms with Gasteiger partial charge in [0.25, 0.3) is 0 Å². The average molecular weight is 441 g/mol. The van der Waals surface area contributed by atoms with E-state index < -0.39 is 0 Å². The zero-order valence-corrected chi connectivity index (χ0v) is 18.1. The van der Waals surface area contributed by atoms with Crippen LogP contribution in [0.15, 0.2) is 31.2 Å². The van der Waals surface area contributed by atoms with Crippen molar-refractivity contribution in [2.24, 2.45) is 5.41 Å². The molecule has 1 aliphatic carbocycles. The van der Waals surface area contributed by atoms with Gasteiger partial charge in [0.1, 0.15) is 11.5 Å². The maximum Gasteiger partial charge on any atom is 0.246 e. The minimum atomic E-state index is -0.0369. The van der Waals surface area contributed by atoms with Gasteiger partial charge in [-0.1, -0.05) is 18.2 Å². The van der Waals surface area contributed by atoms with E-state index in [1.54, 1.807) is 12.4 Å². The molecule has 5 rings (SSSR count). The van der Waals surface area contributed by atoms with Gasteiger partial charge in [-0.15, -0.1) is 0 Å².